The molecule has 1 saturated heterocycles. The van der Waals surface area contributed by atoms with Gasteiger partial charge in [-0.15, -0.1) is 0 Å². The first-order valence-electron chi connectivity index (χ1n) is 9.70. The maximum Gasteiger partial charge on any atom is 0.309 e. The number of amides is 2. The van der Waals surface area contributed by atoms with Crippen molar-refractivity contribution in [3.63, 3.8) is 0 Å². The third-order valence-corrected chi connectivity index (χ3v) is 4.83. The molecule has 0 radical (unpaired) electrons. The van der Waals surface area contributed by atoms with Gasteiger partial charge in [0.1, 0.15) is 5.76 Å². The molecule has 2 heterocycles. The Kier molecular flexibility index (Phi) is 6.71. The van der Waals surface area contributed by atoms with Gasteiger partial charge in [0.25, 0.3) is 0 Å². The van der Waals surface area contributed by atoms with Gasteiger partial charge in [0, 0.05) is 44.5 Å². The van der Waals surface area contributed by atoms with Gasteiger partial charge in [-0.1, -0.05) is 18.2 Å². The number of rotatable bonds is 6. The highest BCUT2D eigenvalue weighted by Gasteiger charge is 2.28. The maximum absolute atomic E-state index is 12.1. The molecule has 150 valence electrons. The van der Waals surface area contributed by atoms with E-state index in [1.807, 2.05) is 44.2 Å². The van der Waals surface area contributed by atoms with E-state index in [1.165, 1.54) is 5.69 Å². The Hall–Kier alpha value is -2.80. The van der Waals surface area contributed by atoms with E-state index in [4.69, 9.17) is 4.42 Å². The Bertz CT molecular complexity index is 753. The SMILES string of the molecule is CC(C)NC(=O)C(=O)NC[C@H](c1ccco1)N1CCN(c2ccccc2)CC1. The molecule has 0 aliphatic carbocycles. The normalized spacial score (nSPS) is 16.0. The summed E-state index contributed by atoms with van der Waals surface area (Å²) in [5, 5.41) is 5.36. The lowest BCUT2D eigenvalue weighted by atomic mass is 10.1. The van der Waals surface area contributed by atoms with Crippen LogP contribution in [-0.4, -0.2) is 55.5 Å². The van der Waals surface area contributed by atoms with Gasteiger partial charge in [0.2, 0.25) is 0 Å². The van der Waals surface area contributed by atoms with Crippen LogP contribution in [0.5, 0.6) is 0 Å². The Balaban J connectivity index is 1.60. The van der Waals surface area contributed by atoms with Crippen molar-refractivity contribution in [2.45, 2.75) is 25.9 Å². The zero-order valence-corrected chi connectivity index (χ0v) is 16.4. The van der Waals surface area contributed by atoms with E-state index < -0.39 is 11.8 Å². The van der Waals surface area contributed by atoms with Crippen LogP contribution in [0.4, 0.5) is 5.69 Å². The van der Waals surface area contributed by atoms with Gasteiger partial charge in [0.15, 0.2) is 0 Å². The molecule has 2 amide bonds. The number of carbonyl (C=O) groups is 2. The molecule has 3 rings (SSSR count). The smallest absolute Gasteiger partial charge is 0.309 e. The highest BCUT2D eigenvalue weighted by atomic mass is 16.3. The fourth-order valence-corrected chi connectivity index (χ4v) is 3.42. The number of nitrogens with one attached hydrogen (secondary N) is 2. The molecule has 1 atom stereocenters. The lowest BCUT2D eigenvalue weighted by Gasteiger charge is -2.39. The third-order valence-electron chi connectivity index (χ3n) is 4.83. The molecular weight excluding hydrogens is 356 g/mol. The van der Waals surface area contributed by atoms with Crippen LogP contribution in [0.2, 0.25) is 0 Å². The summed E-state index contributed by atoms with van der Waals surface area (Å²) >= 11 is 0. The highest BCUT2D eigenvalue weighted by Crippen LogP contribution is 2.24. The summed E-state index contributed by atoms with van der Waals surface area (Å²) in [5.74, 6) is -0.437. The molecule has 0 bridgehead atoms. The Morgan fingerprint density at radius 2 is 1.71 bits per heavy atom. The predicted octanol–water partition coefficient (Wildman–Crippen LogP) is 1.78. The quantitative estimate of drug-likeness (QED) is 0.743. The van der Waals surface area contributed by atoms with Crippen molar-refractivity contribution in [3.05, 3.63) is 54.5 Å². The van der Waals surface area contributed by atoms with E-state index in [0.717, 1.165) is 31.9 Å². The van der Waals surface area contributed by atoms with Crippen molar-refractivity contribution in [2.75, 3.05) is 37.6 Å². The number of nitrogens with zero attached hydrogens (tertiary/aromatic N) is 2. The van der Waals surface area contributed by atoms with E-state index in [2.05, 4.69) is 32.6 Å². The van der Waals surface area contributed by atoms with Gasteiger partial charge in [-0.25, -0.2) is 0 Å². The summed E-state index contributed by atoms with van der Waals surface area (Å²) in [7, 11) is 0. The molecule has 1 aromatic carbocycles. The first-order valence-corrected chi connectivity index (χ1v) is 9.70. The predicted molar refractivity (Wildman–Crippen MR) is 108 cm³/mol. The van der Waals surface area contributed by atoms with Crippen molar-refractivity contribution in [3.8, 4) is 0 Å². The van der Waals surface area contributed by atoms with Crippen LogP contribution in [0.15, 0.2) is 53.1 Å². The summed E-state index contributed by atoms with van der Waals surface area (Å²) in [6.07, 6.45) is 1.63. The number of hydrogen-bond donors (Lipinski definition) is 2. The largest absolute Gasteiger partial charge is 0.468 e. The van der Waals surface area contributed by atoms with E-state index in [0.29, 0.717) is 6.54 Å². The summed E-state index contributed by atoms with van der Waals surface area (Å²) in [4.78, 5) is 28.6. The molecule has 7 nitrogen and oxygen atoms in total. The second-order valence-electron chi connectivity index (χ2n) is 7.23. The van der Waals surface area contributed by atoms with E-state index in [-0.39, 0.29) is 12.1 Å². The lowest BCUT2D eigenvalue weighted by molar-refractivity contribution is -0.139. The van der Waals surface area contributed by atoms with Crippen LogP contribution in [0.1, 0.15) is 25.6 Å². The minimum absolute atomic E-state index is 0.0785. The van der Waals surface area contributed by atoms with Crippen molar-refractivity contribution in [1.29, 1.82) is 0 Å². The van der Waals surface area contributed by atoms with Gasteiger partial charge in [0.05, 0.1) is 12.3 Å². The summed E-state index contributed by atoms with van der Waals surface area (Å²) < 4.78 is 5.61. The first kappa shape index (κ1) is 19.9. The van der Waals surface area contributed by atoms with Gasteiger partial charge in [-0.3, -0.25) is 14.5 Å². The number of benzene rings is 1. The number of piperazine rings is 1. The lowest BCUT2D eigenvalue weighted by Crippen LogP contribution is -2.51. The van der Waals surface area contributed by atoms with Crippen LogP contribution in [-0.2, 0) is 9.59 Å². The average molecular weight is 384 g/mol. The second-order valence-corrected chi connectivity index (χ2v) is 7.23. The third kappa shape index (κ3) is 5.13. The number of para-hydroxylation sites is 1. The zero-order chi connectivity index (χ0) is 19.9. The van der Waals surface area contributed by atoms with Gasteiger partial charge in [-0.05, 0) is 38.1 Å². The topological polar surface area (TPSA) is 77.8 Å². The van der Waals surface area contributed by atoms with Crippen molar-refractivity contribution in [1.82, 2.24) is 15.5 Å². The van der Waals surface area contributed by atoms with Crippen molar-refractivity contribution in [2.24, 2.45) is 0 Å². The number of hydrogen-bond acceptors (Lipinski definition) is 5. The first-order chi connectivity index (χ1) is 13.5. The van der Waals surface area contributed by atoms with Crippen molar-refractivity contribution >= 4 is 17.5 Å². The van der Waals surface area contributed by atoms with Crippen LogP contribution >= 0.6 is 0 Å². The average Bonchev–Trinajstić information content (AvgIpc) is 3.23. The Morgan fingerprint density at radius 1 is 1.00 bits per heavy atom. The molecular formula is C21H28N4O3. The van der Waals surface area contributed by atoms with E-state index >= 15 is 0 Å². The molecule has 0 spiro atoms. The fourth-order valence-electron chi connectivity index (χ4n) is 3.42. The molecule has 1 aliphatic heterocycles. The molecule has 1 aliphatic rings. The maximum atomic E-state index is 12.1. The van der Waals surface area contributed by atoms with E-state index in [1.54, 1.807) is 6.26 Å². The monoisotopic (exact) mass is 384 g/mol. The van der Waals surface area contributed by atoms with Crippen molar-refractivity contribution < 1.29 is 14.0 Å². The zero-order valence-electron chi connectivity index (χ0n) is 16.4. The molecule has 28 heavy (non-hydrogen) atoms. The number of furan rings is 1. The number of anilines is 1. The van der Waals surface area contributed by atoms with Crippen LogP contribution < -0.4 is 15.5 Å². The minimum atomic E-state index is -0.617. The molecule has 1 fully saturated rings. The van der Waals surface area contributed by atoms with E-state index in [9.17, 15) is 9.59 Å². The van der Waals surface area contributed by atoms with Crippen LogP contribution in [0, 0.1) is 0 Å². The molecule has 2 N–H and O–H groups in total. The second kappa shape index (κ2) is 9.41. The molecule has 1 aromatic heterocycles. The Labute approximate surface area is 165 Å². The summed E-state index contributed by atoms with van der Waals surface area (Å²) in [5.41, 5.74) is 1.22. The van der Waals surface area contributed by atoms with Gasteiger partial charge in [-0.2, -0.15) is 0 Å². The minimum Gasteiger partial charge on any atom is -0.468 e. The van der Waals surface area contributed by atoms with Crippen LogP contribution in [0.3, 0.4) is 0 Å². The highest BCUT2D eigenvalue weighted by molar-refractivity contribution is 6.35. The molecule has 0 saturated carbocycles. The molecule has 7 heteroatoms. The molecule has 0 unspecified atom stereocenters. The molecule has 2 aromatic rings. The van der Waals surface area contributed by atoms with Crippen LogP contribution in [0.25, 0.3) is 0 Å². The standard InChI is InChI=1S/C21H28N4O3/c1-16(2)23-21(27)20(26)22-15-18(19-9-6-14-28-19)25-12-10-24(11-13-25)17-7-4-3-5-8-17/h3-9,14,16,18H,10-13,15H2,1-2H3,(H,22,26)(H,23,27)/t18-/m1/s1. The fraction of sp³-hybridized carbons (Fsp3) is 0.429. The summed E-state index contributed by atoms with van der Waals surface area (Å²) in [6, 6.07) is 13.9. The number of carbonyl (C=O) groups excluding carboxylic acids is 2. The Morgan fingerprint density at radius 3 is 2.32 bits per heavy atom. The summed E-state index contributed by atoms with van der Waals surface area (Å²) in [6.45, 7) is 7.43. The van der Waals surface area contributed by atoms with Gasteiger partial charge < -0.3 is 20.0 Å². The van der Waals surface area contributed by atoms with Gasteiger partial charge >= 0.3 is 11.8 Å².